The van der Waals surface area contributed by atoms with Gasteiger partial charge in [-0.25, -0.2) is 0 Å². The number of benzene rings is 1. The molecule has 0 amide bonds. The summed E-state index contributed by atoms with van der Waals surface area (Å²) in [7, 11) is 2.07. The third-order valence-electron chi connectivity index (χ3n) is 3.50. The van der Waals surface area contributed by atoms with E-state index in [1.165, 1.54) is 16.8 Å². The Bertz CT molecular complexity index is 592. The highest BCUT2D eigenvalue weighted by Crippen LogP contribution is 2.32. The first-order valence-electron chi connectivity index (χ1n) is 6.49. The van der Waals surface area contributed by atoms with Gasteiger partial charge in [0.2, 0.25) is 0 Å². The van der Waals surface area contributed by atoms with Gasteiger partial charge >= 0.3 is 0 Å². The van der Waals surface area contributed by atoms with Gasteiger partial charge in [0, 0.05) is 48.5 Å². The molecule has 3 nitrogen and oxygen atoms in total. The first kappa shape index (κ1) is 12.8. The van der Waals surface area contributed by atoms with E-state index in [2.05, 4.69) is 63.3 Å². The highest BCUT2D eigenvalue weighted by atomic mass is 79.9. The van der Waals surface area contributed by atoms with E-state index in [9.17, 15) is 0 Å². The molecule has 1 N–H and O–H groups in total. The van der Waals surface area contributed by atoms with Gasteiger partial charge in [-0.15, -0.1) is 0 Å². The van der Waals surface area contributed by atoms with Crippen LogP contribution in [0.25, 0.3) is 0 Å². The normalized spacial score (nSPS) is 13.4. The lowest BCUT2D eigenvalue weighted by molar-refractivity contribution is 0.352. The van der Waals surface area contributed by atoms with Gasteiger partial charge in [-0.2, -0.15) is 0 Å². The molecule has 0 unspecified atom stereocenters. The van der Waals surface area contributed by atoms with E-state index in [0.29, 0.717) is 0 Å². The van der Waals surface area contributed by atoms with Gasteiger partial charge in [0.05, 0.1) is 6.61 Å². The van der Waals surface area contributed by atoms with Gasteiger partial charge < -0.3 is 14.6 Å². The summed E-state index contributed by atoms with van der Waals surface area (Å²) in [5, 5.41) is 3.48. The Morgan fingerprint density at radius 1 is 1.37 bits per heavy atom. The fraction of sp³-hybridized carbons (Fsp3) is 0.333. The number of halogens is 1. The Labute approximate surface area is 121 Å². The molecule has 1 aromatic carbocycles. The summed E-state index contributed by atoms with van der Waals surface area (Å²) in [4.78, 5) is 0. The van der Waals surface area contributed by atoms with E-state index < -0.39 is 0 Å². The lowest BCUT2D eigenvalue weighted by atomic mass is 10.1. The van der Waals surface area contributed by atoms with Crippen LogP contribution < -0.4 is 10.1 Å². The van der Waals surface area contributed by atoms with Crippen LogP contribution in [0.4, 0.5) is 0 Å². The Hall–Kier alpha value is -1.26. The van der Waals surface area contributed by atoms with Crippen molar-refractivity contribution in [1.29, 1.82) is 0 Å². The molecule has 19 heavy (non-hydrogen) atoms. The zero-order valence-corrected chi connectivity index (χ0v) is 12.5. The number of aromatic nitrogens is 1. The van der Waals surface area contributed by atoms with Crippen molar-refractivity contribution in [3.8, 4) is 5.75 Å². The first-order chi connectivity index (χ1) is 9.24. The third-order valence-corrected chi connectivity index (χ3v) is 3.96. The molecular formula is C15H17BrN2O. The molecular weight excluding hydrogens is 304 g/mol. The second kappa shape index (κ2) is 5.39. The van der Waals surface area contributed by atoms with Crippen molar-refractivity contribution in [2.75, 3.05) is 6.61 Å². The van der Waals surface area contributed by atoms with E-state index >= 15 is 0 Å². The van der Waals surface area contributed by atoms with Crippen LogP contribution in [0.2, 0.25) is 0 Å². The van der Waals surface area contributed by atoms with Crippen LogP contribution in [-0.4, -0.2) is 11.2 Å². The molecule has 0 saturated carbocycles. The fourth-order valence-electron chi connectivity index (χ4n) is 2.48. The number of aryl methyl sites for hydroxylation is 1. The van der Waals surface area contributed by atoms with Crippen molar-refractivity contribution >= 4 is 15.9 Å². The zero-order chi connectivity index (χ0) is 13.2. The molecule has 1 aliphatic rings. The van der Waals surface area contributed by atoms with Gasteiger partial charge in [-0.1, -0.05) is 15.9 Å². The number of nitrogens with one attached hydrogen (secondary N) is 1. The summed E-state index contributed by atoms with van der Waals surface area (Å²) in [6.07, 6.45) is 3.08. The van der Waals surface area contributed by atoms with Crippen LogP contribution in [0.15, 0.2) is 34.9 Å². The number of hydrogen-bond donors (Lipinski definition) is 1. The molecule has 3 rings (SSSR count). The topological polar surface area (TPSA) is 26.2 Å². The van der Waals surface area contributed by atoms with E-state index in [4.69, 9.17) is 4.74 Å². The maximum absolute atomic E-state index is 5.73. The number of hydrogen-bond acceptors (Lipinski definition) is 2. The second-order valence-corrected chi connectivity index (χ2v) is 5.78. The summed E-state index contributed by atoms with van der Waals surface area (Å²) >= 11 is 3.57. The lowest BCUT2D eigenvalue weighted by Crippen LogP contribution is -2.15. The predicted molar refractivity (Wildman–Crippen MR) is 79.3 cm³/mol. The quantitative estimate of drug-likeness (QED) is 0.937. The van der Waals surface area contributed by atoms with Crippen LogP contribution in [-0.2, 0) is 26.6 Å². The minimum atomic E-state index is 0.802. The Balaban J connectivity index is 1.69. The van der Waals surface area contributed by atoms with Gasteiger partial charge in [-0.05, 0) is 29.8 Å². The van der Waals surface area contributed by atoms with Crippen molar-refractivity contribution in [2.45, 2.75) is 19.5 Å². The minimum absolute atomic E-state index is 0.802. The van der Waals surface area contributed by atoms with Crippen LogP contribution in [0.1, 0.15) is 16.8 Å². The van der Waals surface area contributed by atoms with E-state index in [-0.39, 0.29) is 0 Å². The SMILES string of the molecule is Cn1cccc1CNCc1cc(Br)cc2c1OCC2. The molecule has 0 aliphatic carbocycles. The third kappa shape index (κ3) is 2.69. The Morgan fingerprint density at radius 2 is 2.26 bits per heavy atom. The van der Waals surface area contributed by atoms with Gasteiger partial charge in [-0.3, -0.25) is 0 Å². The van der Waals surface area contributed by atoms with E-state index in [0.717, 1.165) is 36.3 Å². The Morgan fingerprint density at radius 3 is 3.05 bits per heavy atom. The minimum Gasteiger partial charge on any atom is -0.493 e. The smallest absolute Gasteiger partial charge is 0.127 e. The summed E-state index contributed by atoms with van der Waals surface area (Å²) < 4.78 is 9.00. The first-order valence-corrected chi connectivity index (χ1v) is 7.28. The molecule has 0 saturated heterocycles. The largest absolute Gasteiger partial charge is 0.493 e. The average Bonchev–Trinajstić information content (AvgIpc) is 2.98. The highest BCUT2D eigenvalue weighted by Gasteiger charge is 2.17. The van der Waals surface area contributed by atoms with E-state index in [1.54, 1.807) is 0 Å². The number of nitrogens with zero attached hydrogens (tertiary/aromatic N) is 1. The maximum Gasteiger partial charge on any atom is 0.127 e. The standard InChI is InChI=1S/C15H17BrN2O/c1-18-5-2-3-14(18)10-17-9-12-8-13(16)7-11-4-6-19-15(11)12/h2-3,5,7-8,17H,4,6,9-10H2,1H3. The second-order valence-electron chi connectivity index (χ2n) is 4.87. The van der Waals surface area contributed by atoms with Crippen molar-refractivity contribution in [3.63, 3.8) is 0 Å². The van der Waals surface area contributed by atoms with Crippen LogP contribution >= 0.6 is 15.9 Å². The number of ether oxygens (including phenoxy) is 1. The molecule has 2 aromatic rings. The monoisotopic (exact) mass is 320 g/mol. The van der Waals surface area contributed by atoms with Crippen molar-refractivity contribution < 1.29 is 4.74 Å². The summed E-state index contributed by atoms with van der Waals surface area (Å²) in [5.74, 6) is 1.07. The lowest BCUT2D eigenvalue weighted by Gasteiger charge is -2.11. The Kier molecular flexibility index (Phi) is 3.62. The summed E-state index contributed by atoms with van der Waals surface area (Å²) in [5.41, 5.74) is 3.83. The van der Waals surface area contributed by atoms with Gasteiger partial charge in [0.1, 0.15) is 5.75 Å². The fourth-order valence-corrected chi connectivity index (χ4v) is 3.04. The average molecular weight is 321 g/mol. The van der Waals surface area contributed by atoms with Gasteiger partial charge in [0.25, 0.3) is 0 Å². The predicted octanol–water partition coefficient (Wildman–Crippen LogP) is 3.01. The highest BCUT2D eigenvalue weighted by molar-refractivity contribution is 9.10. The molecule has 0 radical (unpaired) electrons. The molecule has 1 aromatic heterocycles. The van der Waals surface area contributed by atoms with Crippen LogP contribution in [0, 0.1) is 0 Å². The molecule has 1 aliphatic heterocycles. The molecule has 4 heteroatoms. The van der Waals surface area contributed by atoms with Crippen LogP contribution in [0.3, 0.4) is 0 Å². The number of fused-ring (bicyclic) bond motifs is 1. The molecule has 0 atom stereocenters. The molecule has 0 spiro atoms. The summed E-state index contributed by atoms with van der Waals surface area (Å²) in [6, 6.07) is 8.50. The molecule has 100 valence electrons. The zero-order valence-electron chi connectivity index (χ0n) is 10.9. The van der Waals surface area contributed by atoms with Crippen molar-refractivity contribution in [2.24, 2.45) is 7.05 Å². The van der Waals surface area contributed by atoms with Crippen molar-refractivity contribution in [1.82, 2.24) is 9.88 Å². The molecule has 2 heterocycles. The van der Waals surface area contributed by atoms with E-state index in [1.807, 2.05) is 0 Å². The van der Waals surface area contributed by atoms with Crippen LogP contribution in [0.5, 0.6) is 5.75 Å². The maximum atomic E-state index is 5.73. The number of rotatable bonds is 4. The summed E-state index contributed by atoms with van der Waals surface area (Å²) in [6.45, 7) is 2.49. The van der Waals surface area contributed by atoms with Crippen molar-refractivity contribution in [3.05, 3.63) is 51.8 Å². The van der Waals surface area contributed by atoms with Gasteiger partial charge in [0.15, 0.2) is 0 Å². The molecule has 0 fully saturated rings. The molecule has 0 bridgehead atoms.